The van der Waals surface area contributed by atoms with Gasteiger partial charge >= 0.3 is 5.97 Å². The first-order chi connectivity index (χ1) is 8.03. The molecular weight excluding hydrogens is 232 g/mol. The maximum absolute atomic E-state index is 11.9. The smallest absolute Gasteiger partial charge is 0.324 e. The molecule has 0 heterocycles. The van der Waals surface area contributed by atoms with E-state index in [2.05, 4.69) is 5.32 Å². The third-order valence-electron chi connectivity index (χ3n) is 3.50. The maximum atomic E-state index is 11.9. The summed E-state index contributed by atoms with van der Waals surface area (Å²) in [5, 5.41) is 12.1. The van der Waals surface area contributed by atoms with Crippen LogP contribution in [0.5, 0.6) is 0 Å². The number of nitrogens with one attached hydrogen (secondary N) is 1. The molecule has 4 nitrogen and oxygen atoms in total. The summed E-state index contributed by atoms with van der Waals surface area (Å²) >= 11 is 0. The average molecular weight is 251 g/mol. The largest absolute Gasteiger partial charge is 0.480 e. The van der Waals surface area contributed by atoms with Gasteiger partial charge in [-0.2, -0.15) is 0 Å². The van der Waals surface area contributed by atoms with Crippen molar-refractivity contribution in [1.82, 2.24) is 5.32 Å². The van der Waals surface area contributed by atoms with Gasteiger partial charge in [-0.15, -0.1) is 0 Å². The van der Waals surface area contributed by atoms with Crippen molar-refractivity contribution in [2.75, 3.05) is 20.3 Å². The summed E-state index contributed by atoms with van der Waals surface area (Å²) in [5.74, 6) is -0.918. The number of alkyl halides is 2. The van der Waals surface area contributed by atoms with Crippen molar-refractivity contribution in [3.05, 3.63) is 0 Å². The zero-order valence-electron chi connectivity index (χ0n) is 9.92. The first kappa shape index (κ1) is 14.3. The normalized spacial score (nSPS) is 28.8. The van der Waals surface area contributed by atoms with Crippen molar-refractivity contribution in [2.45, 2.75) is 37.6 Å². The molecule has 1 saturated carbocycles. The fourth-order valence-corrected chi connectivity index (χ4v) is 2.58. The van der Waals surface area contributed by atoms with Crippen molar-refractivity contribution in [3.63, 3.8) is 0 Å². The van der Waals surface area contributed by atoms with Gasteiger partial charge in [-0.05, 0) is 32.2 Å². The van der Waals surface area contributed by atoms with Crippen molar-refractivity contribution < 1.29 is 23.4 Å². The van der Waals surface area contributed by atoms with E-state index in [9.17, 15) is 18.7 Å². The van der Waals surface area contributed by atoms with E-state index in [0.29, 0.717) is 12.8 Å². The monoisotopic (exact) mass is 251 g/mol. The fraction of sp³-hybridized carbons (Fsp3) is 0.909. The van der Waals surface area contributed by atoms with Crippen molar-refractivity contribution in [1.29, 1.82) is 0 Å². The molecule has 0 spiro atoms. The van der Waals surface area contributed by atoms with Crippen LogP contribution in [-0.2, 0) is 9.53 Å². The summed E-state index contributed by atoms with van der Waals surface area (Å²) in [6, 6.07) is 0. The van der Waals surface area contributed by atoms with Crippen LogP contribution < -0.4 is 5.32 Å². The van der Waals surface area contributed by atoms with Gasteiger partial charge in [0.2, 0.25) is 0 Å². The molecule has 0 aliphatic heterocycles. The number of likely N-dealkylation sites (N-methyl/N-ethyl adjacent to an activating group) is 1. The molecule has 17 heavy (non-hydrogen) atoms. The van der Waals surface area contributed by atoms with Crippen LogP contribution in [0.25, 0.3) is 0 Å². The minimum atomic E-state index is -2.47. The Labute approximate surface area is 99.3 Å². The standard InChI is InChI=1S/C11H19F2NO3/c1-14-11(10(15)16)5-2-3-8(11)4-6-17-7-9(12)13/h8-9,14H,2-7H2,1H3,(H,15,16). The number of ether oxygens (including phenoxy) is 1. The highest BCUT2D eigenvalue weighted by atomic mass is 19.3. The van der Waals surface area contributed by atoms with E-state index < -0.39 is 24.5 Å². The third-order valence-corrected chi connectivity index (χ3v) is 3.50. The molecule has 1 aliphatic rings. The number of carboxylic acid groups (broad SMARTS) is 1. The van der Waals surface area contributed by atoms with Crippen LogP contribution in [0.2, 0.25) is 0 Å². The number of carbonyl (C=O) groups is 1. The van der Waals surface area contributed by atoms with Gasteiger partial charge in [0.25, 0.3) is 6.43 Å². The number of hydrogen-bond acceptors (Lipinski definition) is 3. The van der Waals surface area contributed by atoms with Gasteiger partial charge in [-0.25, -0.2) is 8.78 Å². The quantitative estimate of drug-likeness (QED) is 0.673. The average Bonchev–Trinajstić information content (AvgIpc) is 2.68. The second kappa shape index (κ2) is 6.26. The van der Waals surface area contributed by atoms with E-state index in [1.165, 1.54) is 0 Å². The maximum Gasteiger partial charge on any atom is 0.324 e. The minimum Gasteiger partial charge on any atom is -0.480 e. The first-order valence-electron chi connectivity index (χ1n) is 5.81. The Morgan fingerprint density at radius 1 is 1.65 bits per heavy atom. The molecule has 1 fully saturated rings. The van der Waals surface area contributed by atoms with Gasteiger partial charge in [0.1, 0.15) is 12.1 Å². The van der Waals surface area contributed by atoms with E-state index >= 15 is 0 Å². The minimum absolute atomic E-state index is 0.0531. The molecule has 0 aromatic rings. The summed E-state index contributed by atoms with van der Waals surface area (Å²) in [6.45, 7) is -0.391. The summed E-state index contributed by atoms with van der Waals surface area (Å²) < 4.78 is 28.5. The van der Waals surface area contributed by atoms with Crippen LogP contribution in [0.3, 0.4) is 0 Å². The van der Waals surface area contributed by atoms with Crippen LogP contribution in [0.4, 0.5) is 8.78 Å². The summed E-state index contributed by atoms with van der Waals surface area (Å²) in [7, 11) is 1.63. The van der Waals surface area contributed by atoms with E-state index in [1.54, 1.807) is 7.05 Å². The highest BCUT2D eigenvalue weighted by Gasteiger charge is 2.47. The van der Waals surface area contributed by atoms with Crippen molar-refractivity contribution in [2.24, 2.45) is 5.92 Å². The molecule has 6 heteroatoms. The molecule has 100 valence electrons. The van der Waals surface area contributed by atoms with E-state index in [0.717, 1.165) is 12.8 Å². The molecule has 2 unspecified atom stereocenters. The lowest BCUT2D eigenvalue weighted by Gasteiger charge is -2.30. The highest BCUT2D eigenvalue weighted by molar-refractivity contribution is 5.79. The predicted molar refractivity (Wildman–Crippen MR) is 58.2 cm³/mol. The van der Waals surface area contributed by atoms with Crippen LogP contribution in [0, 0.1) is 5.92 Å². The van der Waals surface area contributed by atoms with Gasteiger partial charge in [-0.1, -0.05) is 6.42 Å². The third kappa shape index (κ3) is 3.35. The molecule has 0 bridgehead atoms. The molecular formula is C11H19F2NO3. The number of hydrogen-bond donors (Lipinski definition) is 2. The number of aliphatic carboxylic acids is 1. The Morgan fingerprint density at radius 3 is 2.88 bits per heavy atom. The number of halogens is 2. The molecule has 0 aromatic carbocycles. The second-order valence-corrected chi connectivity index (χ2v) is 4.37. The molecule has 0 amide bonds. The Kier molecular flexibility index (Phi) is 5.27. The number of carboxylic acids is 1. The van der Waals surface area contributed by atoms with Crippen molar-refractivity contribution >= 4 is 5.97 Å². The Bertz CT molecular complexity index is 263. The lowest BCUT2D eigenvalue weighted by molar-refractivity contribution is -0.146. The zero-order valence-corrected chi connectivity index (χ0v) is 9.92. The number of rotatable bonds is 7. The van der Waals surface area contributed by atoms with Crippen molar-refractivity contribution in [3.8, 4) is 0 Å². The van der Waals surface area contributed by atoms with Gasteiger partial charge in [-0.3, -0.25) is 4.79 Å². The molecule has 2 atom stereocenters. The van der Waals surface area contributed by atoms with Crippen LogP contribution in [0.1, 0.15) is 25.7 Å². The molecule has 2 N–H and O–H groups in total. The SMILES string of the molecule is CNC1(C(=O)O)CCCC1CCOCC(F)F. The van der Waals surface area contributed by atoms with Gasteiger partial charge in [0, 0.05) is 6.61 Å². The summed E-state index contributed by atoms with van der Waals surface area (Å²) in [5.41, 5.74) is -0.909. The molecule has 1 aliphatic carbocycles. The summed E-state index contributed by atoms with van der Waals surface area (Å²) in [6.07, 6.45) is 0.253. The van der Waals surface area contributed by atoms with E-state index in [1.807, 2.05) is 0 Å². The zero-order chi connectivity index (χ0) is 12.9. The second-order valence-electron chi connectivity index (χ2n) is 4.37. The molecule has 0 aromatic heterocycles. The van der Waals surface area contributed by atoms with Crippen LogP contribution >= 0.6 is 0 Å². The Morgan fingerprint density at radius 2 is 2.35 bits per heavy atom. The lowest BCUT2D eigenvalue weighted by atomic mass is 9.85. The van der Waals surface area contributed by atoms with Gasteiger partial charge in [0.15, 0.2) is 0 Å². The van der Waals surface area contributed by atoms with Gasteiger partial charge in [0.05, 0.1) is 0 Å². The van der Waals surface area contributed by atoms with E-state index in [-0.39, 0.29) is 12.5 Å². The van der Waals surface area contributed by atoms with E-state index in [4.69, 9.17) is 4.74 Å². The highest BCUT2D eigenvalue weighted by Crippen LogP contribution is 2.37. The molecule has 1 rings (SSSR count). The fourth-order valence-electron chi connectivity index (χ4n) is 2.58. The lowest BCUT2D eigenvalue weighted by Crippen LogP contribution is -2.53. The Hall–Kier alpha value is -0.750. The molecule has 0 radical (unpaired) electrons. The summed E-state index contributed by atoms with van der Waals surface area (Å²) in [4.78, 5) is 11.3. The molecule has 0 saturated heterocycles. The van der Waals surface area contributed by atoms with Crippen LogP contribution in [0.15, 0.2) is 0 Å². The van der Waals surface area contributed by atoms with Crippen LogP contribution in [-0.4, -0.2) is 43.3 Å². The first-order valence-corrected chi connectivity index (χ1v) is 5.81. The van der Waals surface area contributed by atoms with Gasteiger partial charge < -0.3 is 15.2 Å². The topological polar surface area (TPSA) is 58.6 Å². The predicted octanol–water partition coefficient (Wildman–Crippen LogP) is 1.50. The Balaban J connectivity index is 2.43.